The average molecular weight is 389 g/mol. The van der Waals surface area contributed by atoms with Gasteiger partial charge >= 0.3 is 0 Å². The highest BCUT2D eigenvalue weighted by molar-refractivity contribution is 6.32. The number of benzene rings is 1. The summed E-state index contributed by atoms with van der Waals surface area (Å²) in [5.74, 6) is 0.525. The quantitative estimate of drug-likeness (QED) is 0.784. The topological polar surface area (TPSA) is 41.4 Å². The first-order chi connectivity index (χ1) is 12.9. The van der Waals surface area contributed by atoms with E-state index in [0.29, 0.717) is 10.9 Å². The van der Waals surface area contributed by atoms with E-state index in [1.165, 1.54) is 0 Å². The molecule has 1 fully saturated rings. The largest absolute Gasteiger partial charge is 0.336 e. The third-order valence-corrected chi connectivity index (χ3v) is 5.39. The Morgan fingerprint density at radius 2 is 1.85 bits per heavy atom. The maximum absolute atomic E-state index is 13.4. The van der Waals surface area contributed by atoms with E-state index in [1.54, 1.807) is 0 Å². The molecule has 5 nitrogen and oxygen atoms in total. The molecule has 6 heteroatoms. The number of carbonyl (C=O) groups is 1. The SMILES string of the molecule is CCc1c(C(=O)N2CCN(C)CC2)c(CC(C)C)nn1-c1ccccc1Cl. The first kappa shape index (κ1) is 19.9. The van der Waals surface area contributed by atoms with Crippen LogP contribution < -0.4 is 0 Å². The van der Waals surface area contributed by atoms with Crippen molar-refractivity contribution in [1.29, 1.82) is 0 Å². The summed E-state index contributed by atoms with van der Waals surface area (Å²) in [6.45, 7) is 9.73. The molecule has 3 rings (SSSR count). The van der Waals surface area contributed by atoms with Gasteiger partial charge in [-0.2, -0.15) is 5.10 Å². The number of halogens is 1. The number of piperazine rings is 1. The van der Waals surface area contributed by atoms with Crippen molar-refractivity contribution in [3.8, 4) is 5.69 Å². The van der Waals surface area contributed by atoms with Crippen molar-refractivity contribution in [2.75, 3.05) is 33.2 Å². The maximum Gasteiger partial charge on any atom is 0.257 e. The number of aromatic nitrogens is 2. The number of rotatable bonds is 5. The minimum Gasteiger partial charge on any atom is -0.336 e. The van der Waals surface area contributed by atoms with E-state index in [0.717, 1.165) is 61.7 Å². The van der Waals surface area contributed by atoms with Crippen LogP contribution in [0, 0.1) is 5.92 Å². The standard InChI is InChI=1S/C21H29ClN4O/c1-5-18-20(21(27)25-12-10-24(4)11-13-25)17(14-15(2)3)23-26(18)19-9-7-6-8-16(19)22/h6-9,15H,5,10-14H2,1-4H3. The summed E-state index contributed by atoms with van der Waals surface area (Å²) in [6.07, 6.45) is 1.50. The molecule has 0 bridgehead atoms. The molecular weight excluding hydrogens is 360 g/mol. The van der Waals surface area contributed by atoms with Gasteiger partial charge in [0.25, 0.3) is 5.91 Å². The number of likely N-dealkylation sites (N-methyl/N-ethyl adjacent to an activating group) is 1. The van der Waals surface area contributed by atoms with Gasteiger partial charge in [0.1, 0.15) is 0 Å². The Morgan fingerprint density at radius 3 is 2.44 bits per heavy atom. The van der Waals surface area contributed by atoms with Crippen LogP contribution in [-0.4, -0.2) is 58.7 Å². The van der Waals surface area contributed by atoms with Crippen molar-refractivity contribution in [3.63, 3.8) is 0 Å². The highest BCUT2D eigenvalue weighted by Gasteiger charge is 2.29. The number of hydrogen-bond acceptors (Lipinski definition) is 3. The van der Waals surface area contributed by atoms with Crippen molar-refractivity contribution in [2.24, 2.45) is 5.92 Å². The molecule has 1 amide bonds. The van der Waals surface area contributed by atoms with Crippen LogP contribution in [0.5, 0.6) is 0 Å². The van der Waals surface area contributed by atoms with Gasteiger partial charge in [0.15, 0.2) is 0 Å². The minimum atomic E-state index is 0.105. The number of carbonyl (C=O) groups excluding carboxylic acids is 1. The summed E-state index contributed by atoms with van der Waals surface area (Å²) in [4.78, 5) is 17.7. The summed E-state index contributed by atoms with van der Waals surface area (Å²) >= 11 is 6.44. The third-order valence-electron chi connectivity index (χ3n) is 5.08. The fourth-order valence-corrected chi connectivity index (χ4v) is 3.81. The Labute approximate surface area is 166 Å². The van der Waals surface area contributed by atoms with Crippen molar-refractivity contribution in [3.05, 3.63) is 46.2 Å². The Morgan fingerprint density at radius 1 is 1.19 bits per heavy atom. The Balaban J connectivity index is 2.08. The zero-order valence-electron chi connectivity index (χ0n) is 16.7. The Bertz CT molecular complexity index is 807. The summed E-state index contributed by atoms with van der Waals surface area (Å²) in [6, 6.07) is 7.68. The van der Waals surface area contributed by atoms with Crippen LogP contribution in [0.3, 0.4) is 0 Å². The van der Waals surface area contributed by atoms with Crippen LogP contribution in [0.1, 0.15) is 42.5 Å². The van der Waals surface area contributed by atoms with Gasteiger partial charge in [-0.1, -0.05) is 44.5 Å². The summed E-state index contributed by atoms with van der Waals surface area (Å²) in [5.41, 5.74) is 3.43. The summed E-state index contributed by atoms with van der Waals surface area (Å²) in [5, 5.41) is 5.50. The van der Waals surface area contributed by atoms with Gasteiger partial charge in [0, 0.05) is 26.2 Å². The van der Waals surface area contributed by atoms with Gasteiger partial charge in [0.05, 0.1) is 27.7 Å². The molecule has 1 aromatic heterocycles. The van der Waals surface area contributed by atoms with E-state index < -0.39 is 0 Å². The van der Waals surface area contributed by atoms with Gasteiger partial charge < -0.3 is 9.80 Å². The van der Waals surface area contributed by atoms with Gasteiger partial charge in [-0.3, -0.25) is 4.79 Å². The lowest BCUT2D eigenvalue weighted by Gasteiger charge is -2.32. The van der Waals surface area contributed by atoms with Gasteiger partial charge in [-0.25, -0.2) is 4.68 Å². The zero-order valence-corrected chi connectivity index (χ0v) is 17.5. The van der Waals surface area contributed by atoms with E-state index in [2.05, 4.69) is 32.7 Å². The van der Waals surface area contributed by atoms with Crippen LogP contribution in [0.25, 0.3) is 5.69 Å². The molecule has 1 aliphatic heterocycles. The highest BCUT2D eigenvalue weighted by Crippen LogP contribution is 2.27. The smallest absolute Gasteiger partial charge is 0.257 e. The molecule has 146 valence electrons. The number of amides is 1. The van der Waals surface area contributed by atoms with Crippen LogP contribution in [0.15, 0.2) is 24.3 Å². The normalized spacial score (nSPS) is 15.6. The van der Waals surface area contributed by atoms with Crippen molar-refractivity contribution >= 4 is 17.5 Å². The predicted molar refractivity (Wildman–Crippen MR) is 110 cm³/mol. The molecule has 0 radical (unpaired) electrons. The average Bonchev–Trinajstić information content (AvgIpc) is 2.99. The van der Waals surface area contributed by atoms with E-state index >= 15 is 0 Å². The van der Waals surface area contributed by atoms with Crippen molar-refractivity contribution in [1.82, 2.24) is 19.6 Å². The summed E-state index contributed by atoms with van der Waals surface area (Å²) < 4.78 is 1.88. The first-order valence-electron chi connectivity index (χ1n) is 9.75. The number of nitrogens with zero attached hydrogens (tertiary/aromatic N) is 4. The second-order valence-electron chi connectivity index (χ2n) is 7.68. The Hall–Kier alpha value is -1.85. The third kappa shape index (κ3) is 4.19. The van der Waals surface area contributed by atoms with E-state index in [4.69, 9.17) is 16.7 Å². The van der Waals surface area contributed by atoms with Crippen molar-refractivity contribution in [2.45, 2.75) is 33.6 Å². The molecule has 27 heavy (non-hydrogen) atoms. The second-order valence-corrected chi connectivity index (χ2v) is 8.09. The lowest BCUT2D eigenvalue weighted by atomic mass is 10.0. The fraction of sp³-hybridized carbons (Fsp3) is 0.524. The van der Waals surface area contributed by atoms with E-state index in [-0.39, 0.29) is 5.91 Å². The molecule has 1 aliphatic rings. The molecule has 0 saturated carbocycles. The van der Waals surface area contributed by atoms with Crippen LogP contribution in [0.4, 0.5) is 0 Å². The van der Waals surface area contributed by atoms with Crippen LogP contribution in [-0.2, 0) is 12.8 Å². The van der Waals surface area contributed by atoms with Crippen LogP contribution >= 0.6 is 11.6 Å². The molecule has 0 atom stereocenters. The summed E-state index contributed by atoms with van der Waals surface area (Å²) in [7, 11) is 2.10. The fourth-order valence-electron chi connectivity index (χ4n) is 3.60. The Kier molecular flexibility index (Phi) is 6.22. The van der Waals surface area contributed by atoms with Crippen molar-refractivity contribution < 1.29 is 4.79 Å². The molecule has 0 unspecified atom stereocenters. The number of hydrogen-bond donors (Lipinski definition) is 0. The predicted octanol–water partition coefficient (Wildman–Crippen LogP) is 3.67. The van der Waals surface area contributed by atoms with Gasteiger partial charge in [0.2, 0.25) is 0 Å². The maximum atomic E-state index is 13.4. The van der Waals surface area contributed by atoms with Crippen LogP contribution in [0.2, 0.25) is 5.02 Å². The first-order valence-corrected chi connectivity index (χ1v) is 10.1. The number of para-hydroxylation sites is 1. The second kappa shape index (κ2) is 8.44. The molecule has 1 saturated heterocycles. The molecule has 2 heterocycles. The minimum absolute atomic E-state index is 0.105. The van der Waals surface area contributed by atoms with E-state index in [1.807, 2.05) is 33.8 Å². The molecule has 1 aromatic carbocycles. The molecule has 0 N–H and O–H groups in total. The molecule has 2 aromatic rings. The van der Waals surface area contributed by atoms with Gasteiger partial charge in [-0.05, 0) is 37.9 Å². The highest BCUT2D eigenvalue weighted by atomic mass is 35.5. The molecular formula is C21H29ClN4O. The molecule has 0 spiro atoms. The lowest BCUT2D eigenvalue weighted by molar-refractivity contribution is 0.0661. The van der Waals surface area contributed by atoms with Gasteiger partial charge in [-0.15, -0.1) is 0 Å². The lowest BCUT2D eigenvalue weighted by Crippen LogP contribution is -2.47. The molecule has 0 aliphatic carbocycles. The zero-order chi connectivity index (χ0) is 19.6. The monoisotopic (exact) mass is 388 g/mol. The van der Waals surface area contributed by atoms with E-state index in [9.17, 15) is 4.79 Å².